The number of carbonyl (C=O) groups is 1. The van der Waals surface area contributed by atoms with Crippen molar-refractivity contribution in [1.29, 1.82) is 0 Å². The molecule has 0 aromatic heterocycles. The van der Waals surface area contributed by atoms with E-state index in [9.17, 15) is 4.79 Å². The van der Waals surface area contributed by atoms with Crippen molar-refractivity contribution in [2.45, 2.75) is 18.9 Å². The first-order valence-corrected chi connectivity index (χ1v) is 6.59. The molecule has 1 aromatic carbocycles. The minimum absolute atomic E-state index is 0.0245. The Hall–Kier alpha value is -1.42. The van der Waals surface area contributed by atoms with Crippen LogP contribution in [0.5, 0.6) is 11.5 Å². The summed E-state index contributed by atoms with van der Waals surface area (Å²) >= 11 is 5.89. The summed E-state index contributed by atoms with van der Waals surface area (Å²) in [5.41, 5.74) is 0.635. The van der Waals surface area contributed by atoms with E-state index in [1.54, 1.807) is 18.2 Å². The van der Waals surface area contributed by atoms with E-state index in [0.29, 0.717) is 22.9 Å². The molecule has 2 aliphatic rings. The summed E-state index contributed by atoms with van der Waals surface area (Å²) in [6, 6.07) is 5.46. The molecule has 18 heavy (non-hydrogen) atoms. The van der Waals surface area contributed by atoms with Crippen LogP contribution in [0.3, 0.4) is 0 Å². The van der Waals surface area contributed by atoms with Gasteiger partial charge in [-0.05, 0) is 31.0 Å². The second-order valence-corrected chi connectivity index (χ2v) is 4.83. The fourth-order valence-corrected chi connectivity index (χ4v) is 2.78. The van der Waals surface area contributed by atoms with Gasteiger partial charge in [0.1, 0.15) is 0 Å². The van der Waals surface area contributed by atoms with Gasteiger partial charge in [-0.2, -0.15) is 0 Å². The van der Waals surface area contributed by atoms with Crippen LogP contribution in [0.2, 0.25) is 0 Å². The number of ether oxygens (including phenoxy) is 2. The predicted octanol–water partition coefficient (Wildman–Crippen LogP) is 2.26. The molecule has 1 amide bonds. The lowest BCUT2D eigenvalue weighted by Gasteiger charge is -2.23. The number of hydrogen-bond acceptors (Lipinski definition) is 3. The summed E-state index contributed by atoms with van der Waals surface area (Å²) in [4.78, 5) is 14.2. The van der Waals surface area contributed by atoms with E-state index in [1.165, 1.54) is 0 Å². The molecule has 0 bridgehead atoms. The van der Waals surface area contributed by atoms with Crippen molar-refractivity contribution in [2.75, 3.05) is 19.2 Å². The van der Waals surface area contributed by atoms with Crippen molar-refractivity contribution in [1.82, 2.24) is 4.90 Å². The van der Waals surface area contributed by atoms with Gasteiger partial charge in [0.15, 0.2) is 11.5 Å². The largest absolute Gasteiger partial charge is 0.454 e. The number of carbonyl (C=O) groups excluding carboxylic acids is 1. The van der Waals surface area contributed by atoms with Gasteiger partial charge in [-0.15, -0.1) is 11.6 Å². The van der Waals surface area contributed by atoms with Crippen molar-refractivity contribution in [3.63, 3.8) is 0 Å². The highest BCUT2D eigenvalue weighted by Crippen LogP contribution is 2.33. The molecule has 0 radical (unpaired) electrons. The van der Waals surface area contributed by atoms with Crippen LogP contribution in [-0.2, 0) is 0 Å². The van der Waals surface area contributed by atoms with Crippen LogP contribution >= 0.6 is 11.6 Å². The summed E-state index contributed by atoms with van der Waals surface area (Å²) in [7, 11) is 0. The van der Waals surface area contributed by atoms with Crippen molar-refractivity contribution in [2.24, 2.45) is 0 Å². The lowest BCUT2D eigenvalue weighted by Crippen LogP contribution is -2.36. The van der Waals surface area contributed by atoms with Gasteiger partial charge in [-0.1, -0.05) is 0 Å². The average Bonchev–Trinajstić information content (AvgIpc) is 3.05. The minimum atomic E-state index is 0.0245. The van der Waals surface area contributed by atoms with Gasteiger partial charge in [0, 0.05) is 24.0 Å². The molecular weight excluding hydrogens is 254 g/mol. The van der Waals surface area contributed by atoms with Gasteiger partial charge in [0.25, 0.3) is 5.91 Å². The van der Waals surface area contributed by atoms with Crippen LogP contribution in [0.25, 0.3) is 0 Å². The maximum absolute atomic E-state index is 12.4. The Morgan fingerprint density at radius 3 is 3.06 bits per heavy atom. The molecule has 3 rings (SSSR count). The van der Waals surface area contributed by atoms with Gasteiger partial charge >= 0.3 is 0 Å². The number of nitrogens with zero attached hydrogens (tertiary/aromatic N) is 1. The summed E-state index contributed by atoms with van der Waals surface area (Å²) < 4.78 is 10.5. The van der Waals surface area contributed by atoms with Crippen molar-refractivity contribution >= 4 is 17.5 Å². The molecule has 4 nitrogen and oxygen atoms in total. The van der Waals surface area contributed by atoms with Gasteiger partial charge in [-0.25, -0.2) is 0 Å². The Balaban J connectivity index is 1.84. The molecule has 1 unspecified atom stereocenters. The molecule has 0 aliphatic carbocycles. The molecule has 2 heterocycles. The van der Waals surface area contributed by atoms with E-state index in [4.69, 9.17) is 21.1 Å². The van der Waals surface area contributed by atoms with Crippen LogP contribution in [0.15, 0.2) is 18.2 Å². The molecule has 2 aliphatic heterocycles. The fraction of sp³-hybridized carbons (Fsp3) is 0.462. The normalized spacial score (nSPS) is 21.4. The molecule has 0 spiro atoms. The first kappa shape index (κ1) is 11.7. The van der Waals surface area contributed by atoms with E-state index < -0.39 is 0 Å². The average molecular weight is 268 g/mol. The van der Waals surface area contributed by atoms with Crippen LogP contribution in [0.4, 0.5) is 0 Å². The number of fused-ring (bicyclic) bond motifs is 1. The third-order valence-corrected chi connectivity index (χ3v) is 3.79. The van der Waals surface area contributed by atoms with Crippen molar-refractivity contribution in [3.8, 4) is 11.5 Å². The molecular formula is C13H14ClNO3. The Labute approximate surface area is 110 Å². The van der Waals surface area contributed by atoms with E-state index in [0.717, 1.165) is 19.4 Å². The molecule has 1 saturated heterocycles. The smallest absolute Gasteiger partial charge is 0.254 e. The van der Waals surface area contributed by atoms with Gasteiger partial charge in [0.05, 0.1) is 0 Å². The second-order valence-electron chi connectivity index (χ2n) is 4.52. The van der Waals surface area contributed by atoms with E-state index in [-0.39, 0.29) is 18.7 Å². The fourth-order valence-electron chi connectivity index (χ4n) is 2.46. The topological polar surface area (TPSA) is 38.8 Å². The van der Waals surface area contributed by atoms with Gasteiger partial charge in [-0.3, -0.25) is 4.79 Å². The number of amides is 1. The zero-order valence-corrected chi connectivity index (χ0v) is 10.7. The first-order valence-electron chi connectivity index (χ1n) is 6.06. The van der Waals surface area contributed by atoms with E-state index in [1.807, 2.05) is 4.90 Å². The zero-order valence-electron chi connectivity index (χ0n) is 9.89. The standard InChI is InChI=1S/C13H14ClNO3/c14-7-10-2-1-5-15(10)13(16)9-3-4-11-12(6-9)18-8-17-11/h3-4,6,10H,1-2,5,7-8H2. The maximum Gasteiger partial charge on any atom is 0.254 e. The van der Waals surface area contributed by atoms with Gasteiger partial charge < -0.3 is 14.4 Å². The first-order chi connectivity index (χ1) is 8.79. The Kier molecular flexibility index (Phi) is 3.04. The number of alkyl halides is 1. The number of likely N-dealkylation sites (tertiary alicyclic amines) is 1. The SMILES string of the molecule is O=C(c1ccc2c(c1)OCO2)N1CCCC1CCl. The summed E-state index contributed by atoms with van der Waals surface area (Å²) in [5, 5.41) is 0. The maximum atomic E-state index is 12.4. The monoisotopic (exact) mass is 267 g/mol. The summed E-state index contributed by atoms with van der Waals surface area (Å²) in [6.45, 7) is 1.01. The van der Waals surface area contributed by atoms with Crippen LogP contribution in [0, 0.1) is 0 Å². The van der Waals surface area contributed by atoms with Crippen LogP contribution in [-0.4, -0.2) is 36.1 Å². The third-order valence-electron chi connectivity index (χ3n) is 3.44. The number of benzene rings is 1. The second kappa shape index (κ2) is 4.69. The molecule has 5 heteroatoms. The third kappa shape index (κ3) is 1.90. The molecule has 0 N–H and O–H groups in total. The summed E-state index contributed by atoms with van der Waals surface area (Å²) in [6.07, 6.45) is 2.01. The predicted molar refractivity (Wildman–Crippen MR) is 67.3 cm³/mol. The Bertz CT molecular complexity index is 477. The van der Waals surface area contributed by atoms with Crippen molar-refractivity contribution < 1.29 is 14.3 Å². The van der Waals surface area contributed by atoms with Crippen LogP contribution < -0.4 is 9.47 Å². The van der Waals surface area contributed by atoms with Crippen molar-refractivity contribution in [3.05, 3.63) is 23.8 Å². The molecule has 1 fully saturated rings. The number of hydrogen-bond donors (Lipinski definition) is 0. The molecule has 1 atom stereocenters. The Morgan fingerprint density at radius 1 is 1.39 bits per heavy atom. The molecule has 96 valence electrons. The highest BCUT2D eigenvalue weighted by atomic mass is 35.5. The van der Waals surface area contributed by atoms with Gasteiger partial charge in [0.2, 0.25) is 6.79 Å². The Morgan fingerprint density at radius 2 is 2.22 bits per heavy atom. The minimum Gasteiger partial charge on any atom is -0.454 e. The van der Waals surface area contributed by atoms with E-state index in [2.05, 4.69) is 0 Å². The zero-order chi connectivity index (χ0) is 12.5. The quantitative estimate of drug-likeness (QED) is 0.772. The molecule has 1 aromatic rings. The summed E-state index contributed by atoms with van der Waals surface area (Å²) in [5.74, 6) is 1.86. The number of halogens is 1. The van der Waals surface area contributed by atoms with Crippen LogP contribution in [0.1, 0.15) is 23.2 Å². The molecule has 0 saturated carbocycles. The highest BCUT2D eigenvalue weighted by Gasteiger charge is 2.29. The lowest BCUT2D eigenvalue weighted by atomic mass is 10.1. The number of rotatable bonds is 2. The lowest BCUT2D eigenvalue weighted by molar-refractivity contribution is 0.0748. The highest BCUT2D eigenvalue weighted by molar-refractivity contribution is 6.18. The van der Waals surface area contributed by atoms with E-state index >= 15 is 0 Å².